The van der Waals surface area contributed by atoms with Gasteiger partial charge < -0.3 is 4.74 Å². The van der Waals surface area contributed by atoms with E-state index in [1.807, 2.05) is 0 Å². The number of pyridine rings is 1. The molecule has 0 unspecified atom stereocenters. The van der Waals surface area contributed by atoms with Gasteiger partial charge in [0.2, 0.25) is 0 Å². The molecule has 0 amide bonds. The molecule has 0 radical (unpaired) electrons. The second kappa shape index (κ2) is 5.35. The van der Waals surface area contributed by atoms with Crippen molar-refractivity contribution in [2.24, 2.45) is 0 Å². The highest BCUT2D eigenvalue weighted by molar-refractivity contribution is 6.42. The zero-order valence-electron chi connectivity index (χ0n) is 10.9. The number of hydrogen-bond donors (Lipinski definition) is 0. The zero-order chi connectivity index (χ0) is 15.0. The summed E-state index contributed by atoms with van der Waals surface area (Å²) in [6, 6.07) is 8.45. The van der Waals surface area contributed by atoms with E-state index >= 15 is 0 Å². The zero-order valence-corrected chi connectivity index (χ0v) is 12.4. The molecule has 2 heterocycles. The van der Waals surface area contributed by atoms with Crippen molar-refractivity contribution in [3.8, 4) is 11.4 Å². The number of fused-ring (bicyclic) bond motifs is 1. The Morgan fingerprint density at radius 1 is 1.24 bits per heavy atom. The van der Waals surface area contributed by atoms with Crippen LogP contribution in [0.15, 0.2) is 36.5 Å². The molecule has 0 N–H and O–H groups in total. The Hall–Kier alpha value is -2.11. The Bertz CT molecular complexity index is 845. The minimum absolute atomic E-state index is 0.346. The first-order valence-electron chi connectivity index (χ1n) is 5.99. The number of benzene rings is 1. The molecule has 0 bridgehead atoms. The molecular weight excluding hydrogens is 313 g/mol. The van der Waals surface area contributed by atoms with Gasteiger partial charge in [-0.15, -0.1) is 5.10 Å². The van der Waals surface area contributed by atoms with E-state index in [0.717, 1.165) is 0 Å². The van der Waals surface area contributed by atoms with Gasteiger partial charge in [0.1, 0.15) is 5.56 Å². The van der Waals surface area contributed by atoms with Crippen LogP contribution in [0.25, 0.3) is 17.0 Å². The van der Waals surface area contributed by atoms with Crippen molar-refractivity contribution in [1.82, 2.24) is 14.6 Å². The van der Waals surface area contributed by atoms with E-state index in [9.17, 15) is 4.79 Å². The molecule has 1 aromatic carbocycles. The number of carbonyl (C=O) groups is 1. The summed E-state index contributed by atoms with van der Waals surface area (Å²) in [4.78, 5) is 16.1. The average Bonchev–Trinajstić information content (AvgIpc) is 2.93. The van der Waals surface area contributed by atoms with E-state index in [1.54, 1.807) is 36.5 Å². The van der Waals surface area contributed by atoms with E-state index in [2.05, 4.69) is 10.1 Å². The first kappa shape index (κ1) is 13.9. The molecule has 2 aromatic heterocycles. The molecule has 0 aliphatic heterocycles. The highest BCUT2D eigenvalue weighted by atomic mass is 35.5. The minimum Gasteiger partial charge on any atom is -0.465 e. The van der Waals surface area contributed by atoms with Gasteiger partial charge in [-0.25, -0.2) is 14.3 Å². The monoisotopic (exact) mass is 321 g/mol. The largest absolute Gasteiger partial charge is 0.465 e. The number of carbonyl (C=O) groups excluding carboxylic acids is 1. The third-order valence-corrected chi connectivity index (χ3v) is 3.68. The molecule has 106 valence electrons. The van der Waals surface area contributed by atoms with Gasteiger partial charge in [0.15, 0.2) is 11.5 Å². The van der Waals surface area contributed by atoms with E-state index in [-0.39, 0.29) is 0 Å². The minimum atomic E-state index is -0.464. The van der Waals surface area contributed by atoms with Crippen LogP contribution in [0.4, 0.5) is 0 Å². The van der Waals surface area contributed by atoms with E-state index in [0.29, 0.717) is 32.6 Å². The number of esters is 1. The standard InChI is InChI=1S/C14H9Cl2N3O2/c1-21-14(20)9-3-2-6-19-13(9)17-12(18-19)8-4-5-10(15)11(16)7-8/h2-7H,1H3. The quantitative estimate of drug-likeness (QED) is 0.678. The summed E-state index contributed by atoms with van der Waals surface area (Å²) >= 11 is 11.9. The molecule has 21 heavy (non-hydrogen) atoms. The Kier molecular flexibility index (Phi) is 3.53. The SMILES string of the molecule is COC(=O)c1cccn2nc(-c3ccc(Cl)c(Cl)c3)nc12. The fourth-order valence-electron chi connectivity index (χ4n) is 1.93. The number of rotatable bonds is 2. The van der Waals surface area contributed by atoms with Crippen LogP contribution < -0.4 is 0 Å². The van der Waals surface area contributed by atoms with Gasteiger partial charge in [-0.1, -0.05) is 23.2 Å². The second-order valence-electron chi connectivity index (χ2n) is 4.25. The predicted octanol–water partition coefficient (Wildman–Crippen LogP) is 3.49. The Morgan fingerprint density at radius 3 is 2.76 bits per heavy atom. The first-order chi connectivity index (χ1) is 10.1. The van der Waals surface area contributed by atoms with Crippen LogP contribution in [0.5, 0.6) is 0 Å². The first-order valence-corrected chi connectivity index (χ1v) is 6.75. The van der Waals surface area contributed by atoms with Gasteiger partial charge in [0, 0.05) is 11.8 Å². The maximum absolute atomic E-state index is 11.7. The molecule has 7 heteroatoms. The molecular formula is C14H9Cl2N3O2. The van der Waals surface area contributed by atoms with Gasteiger partial charge in [-0.05, 0) is 30.3 Å². The van der Waals surface area contributed by atoms with Crippen molar-refractivity contribution in [2.75, 3.05) is 7.11 Å². The molecule has 0 fully saturated rings. The molecule has 0 atom stereocenters. The summed E-state index contributed by atoms with van der Waals surface area (Å²) < 4.78 is 6.25. The third-order valence-electron chi connectivity index (χ3n) is 2.95. The summed E-state index contributed by atoms with van der Waals surface area (Å²) in [5.41, 5.74) is 1.48. The summed E-state index contributed by atoms with van der Waals surface area (Å²) in [5, 5.41) is 5.20. The van der Waals surface area contributed by atoms with Crippen molar-refractivity contribution in [1.29, 1.82) is 0 Å². The van der Waals surface area contributed by atoms with Gasteiger partial charge in [0.05, 0.1) is 17.2 Å². The van der Waals surface area contributed by atoms with Crippen LogP contribution >= 0.6 is 23.2 Å². The lowest BCUT2D eigenvalue weighted by atomic mass is 10.2. The summed E-state index contributed by atoms with van der Waals surface area (Å²) in [7, 11) is 1.32. The van der Waals surface area contributed by atoms with E-state index < -0.39 is 5.97 Å². The van der Waals surface area contributed by atoms with Crippen LogP contribution in [-0.4, -0.2) is 27.7 Å². The van der Waals surface area contributed by atoms with E-state index in [4.69, 9.17) is 27.9 Å². The molecule has 3 rings (SSSR count). The number of ether oxygens (including phenoxy) is 1. The highest BCUT2D eigenvalue weighted by Crippen LogP contribution is 2.27. The van der Waals surface area contributed by atoms with Crippen LogP contribution in [0.2, 0.25) is 10.0 Å². The maximum atomic E-state index is 11.7. The fraction of sp³-hybridized carbons (Fsp3) is 0.0714. The topological polar surface area (TPSA) is 56.5 Å². The van der Waals surface area contributed by atoms with Crippen LogP contribution in [-0.2, 0) is 4.74 Å². The lowest BCUT2D eigenvalue weighted by molar-refractivity contribution is 0.0602. The van der Waals surface area contributed by atoms with E-state index in [1.165, 1.54) is 11.6 Å². The van der Waals surface area contributed by atoms with Gasteiger partial charge in [-0.3, -0.25) is 0 Å². The Labute approximate surface area is 130 Å². The Balaban J connectivity index is 2.17. The molecule has 0 spiro atoms. The average molecular weight is 322 g/mol. The molecule has 5 nitrogen and oxygen atoms in total. The third kappa shape index (κ3) is 2.46. The maximum Gasteiger partial charge on any atom is 0.341 e. The summed E-state index contributed by atoms with van der Waals surface area (Å²) in [5.74, 6) is -0.0152. The fourth-order valence-corrected chi connectivity index (χ4v) is 2.23. The van der Waals surface area contributed by atoms with Crippen LogP contribution in [0, 0.1) is 0 Å². The normalized spacial score (nSPS) is 10.8. The second-order valence-corrected chi connectivity index (χ2v) is 5.06. The van der Waals surface area contributed by atoms with Crippen molar-refractivity contribution in [3.05, 3.63) is 52.1 Å². The lowest BCUT2D eigenvalue weighted by Crippen LogP contribution is -2.04. The molecule has 0 saturated heterocycles. The summed E-state index contributed by atoms with van der Waals surface area (Å²) in [6.07, 6.45) is 1.70. The van der Waals surface area contributed by atoms with Crippen molar-refractivity contribution in [2.45, 2.75) is 0 Å². The van der Waals surface area contributed by atoms with Crippen molar-refractivity contribution >= 4 is 34.8 Å². The molecule has 0 aliphatic carbocycles. The number of halogens is 2. The number of methoxy groups -OCH3 is 1. The molecule has 0 aliphatic rings. The highest BCUT2D eigenvalue weighted by Gasteiger charge is 2.15. The summed E-state index contributed by atoms with van der Waals surface area (Å²) in [6.45, 7) is 0. The van der Waals surface area contributed by atoms with Crippen molar-refractivity contribution < 1.29 is 9.53 Å². The van der Waals surface area contributed by atoms with Gasteiger partial charge >= 0.3 is 5.97 Å². The number of hydrogen-bond acceptors (Lipinski definition) is 4. The van der Waals surface area contributed by atoms with Gasteiger partial charge in [-0.2, -0.15) is 0 Å². The molecule has 0 saturated carbocycles. The number of aromatic nitrogens is 3. The van der Waals surface area contributed by atoms with Gasteiger partial charge in [0.25, 0.3) is 0 Å². The smallest absolute Gasteiger partial charge is 0.341 e. The molecule has 3 aromatic rings. The predicted molar refractivity (Wildman–Crippen MR) is 79.8 cm³/mol. The van der Waals surface area contributed by atoms with Crippen LogP contribution in [0.1, 0.15) is 10.4 Å². The van der Waals surface area contributed by atoms with Crippen LogP contribution in [0.3, 0.4) is 0 Å². The van der Waals surface area contributed by atoms with Crippen molar-refractivity contribution in [3.63, 3.8) is 0 Å². The lowest BCUT2D eigenvalue weighted by Gasteiger charge is -1.99. The Morgan fingerprint density at radius 2 is 2.05 bits per heavy atom. The number of nitrogens with zero attached hydrogens (tertiary/aromatic N) is 3.